The third kappa shape index (κ3) is 6.33. The molecule has 2 rings (SSSR count). The number of rotatable bonds is 6. The lowest BCUT2D eigenvalue weighted by Crippen LogP contribution is -2.58. The molecular weight excluding hydrogens is 413 g/mol. The van der Waals surface area contributed by atoms with E-state index in [-0.39, 0.29) is 29.5 Å². The smallest absolute Gasteiger partial charge is 0.191 e. The van der Waals surface area contributed by atoms with Crippen LogP contribution in [-0.4, -0.2) is 74.2 Å². The second-order valence-electron chi connectivity index (χ2n) is 7.20. The van der Waals surface area contributed by atoms with E-state index in [2.05, 4.69) is 41.3 Å². The largest absolute Gasteiger partial charge is 0.357 e. The van der Waals surface area contributed by atoms with E-state index in [0.29, 0.717) is 0 Å². The highest BCUT2D eigenvalue weighted by molar-refractivity contribution is 14.0. The molecule has 0 radical (unpaired) electrons. The predicted molar refractivity (Wildman–Crippen MR) is 115 cm³/mol. The summed E-state index contributed by atoms with van der Waals surface area (Å²) in [7, 11) is 2.25. The van der Waals surface area contributed by atoms with Gasteiger partial charge in [0.25, 0.3) is 0 Å². The van der Waals surface area contributed by atoms with Gasteiger partial charge in [-0.1, -0.05) is 13.3 Å². The van der Waals surface area contributed by atoms with Crippen molar-refractivity contribution in [3.05, 3.63) is 0 Å². The number of nitrogens with one attached hydrogen (secondary N) is 2. The van der Waals surface area contributed by atoms with Gasteiger partial charge in [-0.2, -0.15) is 0 Å². The van der Waals surface area contributed by atoms with Crippen molar-refractivity contribution in [2.45, 2.75) is 57.9 Å². The van der Waals surface area contributed by atoms with Crippen molar-refractivity contribution in [2.75, 3.05) is 52.9 Å². The average molecular weight is 451 g/mol. The van der Waals surface area contributed by atoms with E-state index < -0.39 is 0 Å². The second kappa shape index (κ2) is 11.5. The average Bonchev–Trinajstić information content (AvgIpc) is 2.60. The van der Waals surface area contributed by atoms with Crippen LogP contribution in [0.15, 0.2) is 4.99 Å². The van der Waals surface area contributed by atoms with Crippen molar-refractivity contribution in [3.8, 4) is 0 Å². The van der Waals surface area contributed by atoms with Crippen LogP contribution in [0.2, 0.25) is 0 Å². The Morgan fingerprint density at radius 1 is 1.00 bits per heavy atom. The Labute approximate surface area is 166 Å². The Balaban J connectivity index is 0.00000288. The Bertz CT molecular complexity index is 360. The standard InChI is InChI=1S/C18H37N5.HI/c1-4-11-20-17(19-5-2)21-16-18(9-14-22(3)15-10-18)23-12-7-6-8-13-23;/h4-16H2,1-3H3,(H2,19,20,21);1H. The fourth-order valence-electron chi connectivity index (χ4n) is 3.79. The fraction of sp³-hybridized carbons (Fsp3) is 0.944. The van der Waals surface area contributed by atoms with Crippen LogP contribution in [0.5, 0.6) is 0 Å². The Kier molecular flexibility index (Phi) is 10.5. The highest BCUT2D eigenvalue weighted by Gasteiger charge is 2.39. The molecule has 2 N–H and O–H groups in total. The lowest BCUT2D eigenvalue weighted by molar-refractivity contribution is 0.0208. The van der Waals surface area contributed by atoms with Crippen LogP contribution < -0.4 is 10.6 Å². The van der Waals surface area contributed by atoms with E-state index in [4.69, 9.17) is 4.99 Å². The van der Waals surface area contributed by atoms with Gasteiger partial charge in [-0.3, -0.25) is 9.89 Å². The van der Waals surface area contributed by atoms with Crippen LogP contribution in [0.1, 0.15) is 52.4 Å². The van der Waals surface area contributed by atoms with Crippen molar-refractivity contribution < 1.29 is 0 Å². The molecule has 2 fully saturated rings. The number of guanidine groups is 1. The summed E-state index contributed by atoms with van der Waals surface area (Å²) < 4.78 is 0. The maximum Gasteiger partial charge on any atom is 0.191 e. The molecule has 0 aromatic carbocycles. The van der Waals surface area contributed by atoms with E-state index in [1.807, 2.05) is 0 Å². The fourth-order valence-corrected chi connectivity index (χ4v) is 3.79. The first-order chi connectivity index (χ1) is 11.2. The van der Waals surface area contributed by atoms with Gasteiger partial charge >= 0.3 is 0 Å². The molecule has 0 atom stereocenters. The van der Waals surface area contributed by atoms with E-state index in [1.165, 1.54) is 58.3 Å². The zero-order valence-electron chi connectivity index (χ0n) is 15.9. The minimum absolute atomic E-state index is 0. The predicted octanol–water partition coefficient (Wildman–Crippen LogP) is 2.52. The zero-order chi connectivity index (χ0) is 16.5. The molecule has 6 heteroatoms. The van der Waals surface area contributed by atoms with Gasteiger partial charge in [-0.05, 0) is 72.3 Å². The normalized spacial score (nSPS) is 22.7. The molecule has 2 saturated heterocycles. The van der Waals surface area contributed by atoms with Crippen molar-refractivity contribution in [1.82, 2.24) is 20.4 Å². The molecule has 24 heavy (non-hydrogen) atoms. The Morgan fingerprint density at radius 3 is 2.25 bits per heavy atom. The highest BCUT2D eigenvalue weighted by atomic mass is 127. The monoisotopic (exact) mass is 451 g/mol. The van der Waals surface area contributed by atoms with E-state index in [0.717, 1.165) is 32.0 Å². The van der Waals surface area contributed by atoms with E-state index in [1.54, 1.807) is 0 Å². The van der Waals surface area contributed by atoms with Crippen LogP contribution in [0.4, 0.5) is 0 Å². The van der Waals surface area contributed by atoms with Gasteiger partial charge in [-0.15, -0.1) is 24.0 Å². The number of piperidine rings is 2. The number of halogens is 1. The van der Waals surface area contributed by atoms with Crippen molar-refractivity contribution >= 4 is 29.9 Å². The van der Waals surface area contributed by atoms with E-state index >= 15 is 0 Å². The first-order valence-corrected chi connectivity index (χ1v) is 9.66. The molecule has 0 aromatic heterocycles. The van der Waals surface area contributed by atoms with Crippen molar-refractivity contribution in [2.24, 2.45) is 4.99 Å². The maximum absolute atomic E-state index is 4.98. The lowest BCUT2D eigenvalue weighted by atomic mass is 9.84. The second-order valence-corrected chi connectivity index (χ2v) is 7.20. The third-order valence-electron chi connectivity index (χ3n) is 5.36. The van der Waals surface area contributed by atoms with Gasteiger partial charge in [-0.25, -0.2) is 0 Å². The van der Waals surface area contributed by atoms with Crippen molar-refractivity contribution in [3.63, 3.8) is 0 Å². The summed E-state index contributed by atoms with van der Waals surface area (Å²) in [6, 6.07) is 0. The summed E-state index contributed by atoms with van der Waals surface area (Å²) in [5.74, 6) is 0.990. The molecule has 142 valence electrons. The van der Waals surface area contributed by atoms with Crippen LogP contribution in [0.25, 0.3) is 0 Å². The van der Waals surface area contributed by atoms with E-state index in [9.17, 15) is 0 Å². The molecule has 2 aliphatic rings. The van der Waals surface area contributed by atoms with Gasteiger partial charge < -0.3 is 15.5 Å². The summed E-state index contributed by atoms with van der Waals surface area (Å²) in [5, 5.41) is 6.84. The summed E-state index contributed by atoms with van der Waals surface area (Å²) in [4.78, 5) is 10.2. The van der Waals surface area contributed by atoms with Gasteiger partial charge in [0.05, 0.1) is 6.54 Å². The van der Waals surface area contributed by atoms with Crippen LogP contribution in [0, 0.1) is 0 Å². The molecule has 0 aliphatic carbocycles. The summed E-state index contributed by atoms with van der Waals surface area (Å²) in [6.07, 6.45) is 7.74. The molecule has 0 spiro atoms. The highest BCUT2D eigenvalue weighted by Crippen LogP contribution is 2.31. The molecule has 2 aliphatic heterocycles. The van der Waals surface area contributed by atoms with Crippen LogP contribution in [-0.2, 0) is 0 Å². The molecule has 0 unspecified atom stereocenters. The van der Waals surface area contributed by atoms with Crippen molar-refractivity contribution in [1.29, 1.82) is 0 Å². The van der Waals surface area contributed by atoms with Crippen LogP contribution in [0.3, 0.4) is 0 Å². The first-order valence-electron chi connectivity index (χ1n) is 9.66. The molecule has 0 saturated carbocycles. The molecule has 0 bridgehead atoms. The first kappa shape index (κ1) is 22.0. The number of hydrogen-bond donors (Lipinski definition) is 2. The van der Waals surface area contributed by atoms with Crippen LogP contribution >= 0.6 is 24.0 Å². The molecule has 2 heterocycles. The van der Waals surface area contributed by atoms with Gasteiger partial charge in [0.15, 0.2) is 5.96 Å². The summed E-state index contributed by atoms with van der Waals surface area (Å²) in [5.41, 5.74) is 0.279. The minimum atomic E-state index is 0. The number of nitrogens with zero attached hydrogens (tertiary/aromatic N) is 3. The minimum Gasteiger partial charge on any atom is -0.357 e. The molecule has 0 aromatic rings. The Hall–Kier alpha value is -0.0800. The van der Waals surface area contributed by atoms with Gasteiger partial charge in [0.1, 0.15) is 0 Å². The zero-order valence-corrected chi connectivity index (χ0v) is 18.3. The topological polar surface area (TPSA) is 42.9 Å². The van der Waals surface area contributed by atoms with Gasteiger partial charge in [0.2, 0.25) is 0 Å². The summed E-state index contributed by atoms with van der Waals surface area (Å²) >= 11 is 0. The summed E-state index contributed by atoms with van der Waals surface area (Å²) in [6.45, 7) is 12.1. The molecular formula is C18H38IN5. The number of likely N-dealkylation sites (tertiary alicyclic amines) is 2. The van der Waals surface area contributed by atoms with Gasteiger partial charge in [0, 0.05) is 18.6 Å². The number of aliphatic imine (C=N–C) groups is 1. The maximum atomic E-state index is 4.98. The lowest BCUT2D eigenvalue weighted by Gasteiger charge is -2.49. The SMILES string of the molecule is CCCNC(=NCC1(N2CCCCC2)CCN(C)CC1)NCC.I. The molecule has 5 nitrogen and oxygen atoms in total. The molecule has 0 amide bonds. The quantitative estimate of drug-likeness (QED) is 0.370. The number of hydrogen-bond acceptors (Lipinski definition) is 3. The third-order valence-corrected chi connectivity index (χ3v) is 5.36. The Morgan fingerprint density at radius 2 is 1.67 bits per heavy atom.